The molecule has 0 spiro atoms. The van der Waals surface area contributed by atoms with Crippen molar-refractivity contribution in [3.05, 3.63) is 30.1 Å². The van der Waals surface area contributed by atoms with Crippen LogP contribution in [0, 0.1) is 6.20 Å². The Kier molecular flexibility index (Phi) is 6.89. The number of pyridine rings is 1. The van der Waals surface area contributed by atoms with Gasteiger partial charge in [-0.2, -0.15) is 12.1 Å². The van der Waals surface area contributed by atoms with E-state index in [2.05, 4.69) is 11.2 Å². The first-order valence-corrected chi connectivity index (χ1v) is 2.81. The molecule has 0 bridgehead atoms. The van der Waals surface area contributed by atoms with Crippen LogP contribution in [0.5, 0.6) is 0 Å². The van der Waals surface area contributed by atoms with Crippen molar-refractivity contribution in [3.8, 4) is 0 Å². The van der Waals surface area contributed by atoms with Crippen molar-refractivity contribution in [1.82, 2.24) is 4.98 Å². The van der Waals surface area contributed by atoms with Gasteiger partial charge in [-0.05, 0) is 0 Å². The van der Waals surface area contributed by atoms with E-state index in [-0.39, 0.29) is 41.0 Å². The van der Waals surface area contributed by atoms with Crippen LogP contribution in [0.15, 0.2) is 18.3 Å². The summed E-state index contributed by atoms with van der Waals surface area (Å²) < 4.78 is 24.8. The van der Waals surface area contributed by atoms with E-state index in [1.54, 1.807) is 0 Å². The van der Waals surface area contributed by atoms with Gasteiger partial charge in [0.25, 0.3) is 0 Å². The van der Waals surface area contributed by atoms with Crippen LogP contribution >= 0.6 is 0 Å². The van der Waals surface area contributed by atoms with E-state index in [0.717, 1.165) is 13.1 Å². The van der Waals surface area contributed by atoms with Gasteiger partial charge < -0.3 is 17.4 Å². The van der Waals surface area contributed by atoms with E-state index in [9.17, 15) is 8.78 Å². The molecule has 0 atom stereocenters. The minimum Gasteiger partial charge on any atom is -1.00 e. The topological polar surface area (TPSA) is 12.9 Å². The molecule has 5 heteroatoms. The molecule has 0 unspecified atom stereocenters. The van der Waals surface area contributed by atoms with Crippen LogP contribution in [0.2, 0.25) is 0 Å². The Labute approximate surface area is 92.1 Å². The van der Waals surface area contributed by atoms with Gasteiger partial charge in [-0.25, -0.2) is 8.78 Å². The molecule has 0 saturated carbocycles. The number of halogens is 3. The second kappa shape index (κ2) is 5.67. The zero-order valence-electron chi connectivity index (χ0n) is 6.52. The summed E-state index contributed by atoms with van der Waals surface area (Å²) in [6, 6.07) is 2.67. The predicted molar refractivity (Wildman–Crippen MR) is 38.4 cm³/mol. The van der Waals surface area contributed by atoms with Crippen molar-refractivity contribution in [2.24, 2.45) is 0 Å². The van der Waals surface area contributed by atoms with Crippen LogP contribution in [0.25, 0.3) is 0 Å². The maximum Gasteiger partial charge on any atom is 2.00 e. The average Bonchev–Trinajstić information content (AvgIpc) is 1.88. The maximum absolute atomic E-state index is 12.4. The summed E-state index contributed by atoms with van der Waals surface area (Å²) in [5.41, 5.74) is -0.0775. The molecule has 1 rings (SSSR count). The monoisotopic (exact) mass is 201 g/mol. The zero-order chi connectivity index (χ0) is 7.61. The van der Waals surface area contributed by atoms with E-state index < -0.39 is 5.92 Å². The van der Waals surface area contributed by atoms with Crippen LogP contribution in [0.4, 0.5) is 8.78 Å². The van der Waals surface area contributed by atoms with Crippen molar-refractivity contribution in [2.75, 3.05) is 0 Å². The third kappa shape index (κ3) is 4.18. The van der Waals surface area contributed by atoms with Gasteiger partial charge in [-0.1, -0.05) is 18.0 Å². The summed E-state index contributed by atoms with van der Waals surface area (Å²) in [6.07, 6.45) is 3.53. The maximum atomic E-state index is 12.4. The Balaban J connectivity index is 0. The molecule has 0 aliphatic rings. The standard InChI is InChI=1S/C7H6F2N.ClH.Mg/c1-7(8,9)6-3-2-4-10-5-6;;/h2-3,5H,1H3;1H;/q-1;;+2/p-1. The average molecular weight is 202 g/mol. The van der Waals surface area contributed by atoms with Gasteiger partial charge in [0.15, 0.2) is 0 Å². The Morgan fingerprint density at radius 2 is 2.08 bits per heavy atom. The van der Waals surface area contributed by atoms with E-state index in [4.69, 9.17) is 0 Å². The van der Waals surface area contributed by atoms with Crippen LogP contribution in [-0.2, 0) is 5.92 Å². The molecular weight excluding hydrogens is 196 g/mol. The second-order valence-electron chi connectivity index (χ2n) is 2.06. The molecule has 0 aliphatic heterocycles. The van der Waals surface area contributed by atoms with E-state index in [0.29, 0.717) is 0 Å². The first-order valence-electron chi connectivity index (χ1n) is 2.81. The minimum atomic E-state index is -2.79. The zero-order valence-corrected chi connectivity index (χ0v) is 8.69. The Bertz CT molecular complexity index is 212. The fraction of sp³-hybridized carbons (Fsp3) is 0.286. The molecule has 0 amide bonds. The van der Waals surface area contributed by atoms with Crippen molar-refractivity contribution >= 4 is 23.1 Å². The summed E-state index contributed by atoms with van der Waals surface area (Å²) in [4.78, 5) is 3.45. The fourth-order valence-corrected chi connectivity index (χ4v) is 0.580. The minimum absolute atomic E-state index is 0. The Morgan fingerprint density at radius 1 is 1.50 bits per heavy atom. The fourth-order valence-electron chi connectivity index (χ4n) is 0.580. The van der Waals surface area contributed by atoms with Crippen LogP contribution in [0.3, 0.4) is 0 Å². The molecule has 0 saturated heterocycles. The second-order valence-corrected chi connectivity index (χ2v) is 2.06. The van der Waals surface area contributed by atoms with Crippen molar-refractivity contribution in [1.29, 1.82) is 0 Å². The van der Waals surface area contributed by atoms with Gasteiger partial charge in [-0.3, -0.25) is 0 Å². The summed E-state index contributed by atoms with van der Waals surface area (Å²) in [5.74, 6) is -2.79. The van der Waals surface area contributed by atoms with E-state index >= 15 is 0 Å². The van der Waals surface area contributed by atoms with Gasteiger partial charge in [0.1, 0.15) is 0 Å². The number of nitrogens with zero attached hydrogens (tertiary/aromatic N) is 1. The molecule has 1 nitrogen and oxygen atoms in total. The predicted octanol–water partition coefficient (Wildman–Crippen LogP) is -1.38. The van der Waals surface area contributed by atoms with Crippen LogP contribution in [0.1, 0.15) is 12.5 Å². The van der Waals surface area contributed by atoms with Gasteiger partial charge in [0, 0.05) is 6.92 Å². The van der Waals surface area contributed by atoms with Crippen molar-refractivity contribution < 1.29 is 21.2 Å². The number of rotatable bonds is 1. The number of hydrogen-bond acceptors (Lipinski definition) is 1. The summed E-state index contributed by atoms with van der Waals surface area (Å²) >= 11 is 0. The number of alkyl halides is 2. The molecule has 12 heavy (non-hydrogen) atoms. The van der Waals surface area contributed by atoms with Crippen LogP contribution < -0.4 is 12.4 Å². The molecule has 0 radical (unpaired) electrons. The molecule has 0 fully saturated rings. The normalized spacial score (nSPS) is 9.58. The molecule has 1 heterocycles. The van der Waals surface area contributed by atoms with E-state index in [1.165, 1.54) is 12.1 Å². The third-order valence-corrected chi connectivity index (χ3v) is 1.12. The molecule has 0 N–H and O–H groups in total. The first kappa shape index (κ1) is 14.6. The summed E-state index contributed by atoms with van der Waals surface area (Å²) in [5, 5.41) is 0. The largest absolute Gasteiger partial charge is 2.00 e. The third-order valence-electron chi connectivity index (χ3n) is 1.12. The van der Waals surface area contributed by atoms with Gasteiger partial charge in [-0.15, -0.1) is 0 Å². The first-order chi connectivity index (χ1) is 4.61. The van der Waals surface area contributed by atoms with Crippen molar-refractivity contribution in [3.63, 3.8) is 0 Å². The summed E-state index contributed by atoms with van der Waals surface area (Å²) in [7, 11) is 0. The Hall–Kier alpha value is 0.0662. The number of aromatic nitrogens is 1. The SMILES string of the molecule is CC(F)(F)c1cc[c-]nc1.[Cl-].[Mg+2]. The summed E-state index contributed by atoms with van der Waals surface area (Å²) in [6.45, 7) is 0.837. The molecule has 62 valence electrons. The molecule has 1 aromatic heterocycles. The molecule has 1 aromatic rings. The number of hydrogen-bond donors (Lipinski definition) is 0. The molecular formula is C7H6ClF2MgN. The van der Waals surface area contributed by atoms with Gasteiger partial charge >= 0.3 is 23.1 Å². The van der Waals surface area contributed by atoms with Gasteiger partial charge in [0.2, 0.25) is 5.92 Å². The van der Waals surface area contributed by atoms with Crippen LogP contribution in [-0.4, -0.2) is 28.0 Å². The smallest absolute Gasteiger partial charge is 1.00 e. The Morgan fingerprint density at radius 3 is 2.33 bits per heavy atom. The molecule has 0 aromatic carbocycles. The quantitative estimate of drug-likeness (QED) is 0.403. The van der Waals surface area contributed by atoms with Gasteiger partial charge in [0.05, 0.1) is 0 Å². The van der Waals surface area contributed by atoms with Crippen molar-refractivity contribution in [2.45, 2.75) is 12.8 Å². The van der Waals surface area contributed by atoms with E-state index in [1.807, 2.05) is 0 Å². The molecule has 0 aliphatic carbocycles.